The maximum atomic E-state index is 13.7. The van der Waals surface area contributed by atoms with Crippen LogP contribution in [0.25, 0.3) is 0 Å². The average Bonchev–Trinajstić information content (AvgIpc) is 2.65. The smallest absolute Gasteiger partial charge is 0.195 e. The van der Waals surface area contributed by atoms with Gasteiger partial charge in [0.1, 0.15) is 0 Å². The predicted octanol–water partition coefficient (Wildman–Crippen LogP) is 3.60. The Labute approximate surface area is 152 Å². The summed E-state index contributed by atoms with van der Waals surface area (Å²) >= 11 is 0. The Kier molecular flexibility index (Phi) is 7.20. The van der Waals surface area contributed by atoms with Gasteiger partial charge in [-0.3, -0.25) is 4.99 Å². The molecule has 0 aliphatic rings. The van der Waals surface area contributed by atoms with Crippen molar-refractivity contribution in [3.05, 3.63) is 53.6 Å². The molecule has 26 heavy (non-hydrogen) atoms. The number of halogens is 2. The molecular weight excluding hydrogens is 340 g/mol. The fraction of sp³-hybridized carbons (Fsp3) is 0.316. The van der Waals surface area contributed by atoms with E-state index in [0.717, 1.165) is 11.8 Å². The highest BCUT2D eigenvalue weighted by Crippen LogP contribution is 2.29. The van der Waals surface area contributed by atoms with Crippen LogP contribution in [-0.4, -0.2) is 33.3 Å². The second-order valence-corrected chi connectivity index (χ2v) is 5.42. The number of benzene rings is 2. The first-order valence-corrected chi connectivity index (χ1v) is 8.29. The van der Waals surface area contributed by atoms with Crippen LogP contribution in [-0.2, 0) is 6.42 Å². The zero-order valence-corrected chi connectivity index (χ0v) is 15.1. The summed E-state index contributed by atoms with van der Waals surface area (Å²) in [5, 5.41) is 6.26. The van der Waals surface area contributed by atoms with Crippen LogP contribution in [0.5, 0.6) is 11.5 Å². The van der Waals surface area contributed by atoms with Crippen LogP contribution < -0.4 is 20.1 Å². The third-order valence-electron chi connectivity index (χ3n) is 3.67. The maximum Gasteiger partial charge on any atom is 0.195 e. The highest BCUT2D eigenvalue weighted by Gasteiger charge is 2.08. The van der Waals surface area contributed by atoms with E-state index in [0.29, 0.717) is 42.5 Å². The predicted molar refractivity (Wildman–Crippen MR) is 99.2 cm³/mol. The van der Waals surface area contributed by atoms with E-state index in [2.05, 4.69) is 15.6 Å². The summed E-state index contributed by atoms with van der Waals surface area (Å²) in [6, 6.07) is 9.56. The minimum absolute atomic E-state index is 0.298. The third kappa shape index (κ3) is 5.08. The first kappa shape index (κ1) is 19.5. The fourth-order valence-electron chi connectivity index (χ4n) is 2.39. The lowest BCUT2D eigenvalue weighted by Gasteiger charge is -2.14. The van der Waals surface area contributed by atoms with Gasteiger partial charge >= 0.3 is 0 Å². The normalized spacial score (nSPS) is 11.2. The van der Waals surface area contributed by atoms with E-state index in [9.17, 15) is 8.78 Å². The molecule has 0 radical (unpaired) electrons. The Morgan fingerprint density at radius 1 is 1.08 bits per heavy atom. The lowest BCUT2D eigenvalue weighted by molar-refractivity contribution is 0.355. The molecule has 140 valence electrons. The monoisotopic (exact) mass is 363 g/mol. The van der Waals surface area contributed by atoms with E-state index in [4.69, 9.17) is 9.47 Å². The molecule has 2 aromatic carbocycles. The van der Waals surface area contributed by atoms with Gasteiger partial charge in [-0.05, 0) is 37.1 Å². The van der Waals surface area contributed by atoms with E-state index < -0.39 is 11.6 Å². The Hall–Kier alpha value is -2.83. The Morgan fingerprint density at radius 2 is 1.85 bits per heavy atom. The molecule has 0 fully saturated rings. The quantitative estimate of drug-likeness (QED) is 0.583. The SMILES string of the molecule is CCNC(=NCCc1cccc(F)c1F)Nc1ccc(OC)c(OC)c1. The molecule has 2 aromatic rings. The molecule has 2 N–H and O–H groups in total. The maximum absolute atomic E-state index is 13.7. The van der Waals surface area contributed by atoms with Gasteiger partial charge in [0.15, 0.2) is 29.1 Å². The van der Waals surface area contributed by atoms with Crippen molar-refractivity contribution < 1.29 is 18.3 Å². The standard InChI is InChI=1S/C19H23F2N3O2/c1-4-22-19(23-11-10-13-6-5-7-15(20)18(13)21)24-14-8-9-16(25-2)17(12-14)26-3/h5-9,12H,4,10-11H2,1-3H3,(H2,22,23,24). The van der Waals surface area contributed by atoms with E-state index in [-0.39, 0.29) is 0 Å². The second-order valence-electron chi connectivity index (χ2n) is 5.42. The van der Waals surface area contributed by atoms with Crippen molar-refractivity contribution in [1.82, 2.24) is 5.32 Å². The minimum atomic E-state index is -0.846. The van der Waals surface area contributed by atoms with Crippen molar-refractivity contribution in [3.8, 4) is 11.5 Å². The fourth-order valence-corrected chi connectivity index (χ4v) is 2.39. The number of hydrogen-bond acceptors (Lipinski definition) is 3. The van der Waals surface area contributed by atoms with Crippen molar-refractivity contribution >= 4 is 11.6 Å². The summed E-state index contributed by atoms with van der Waals surface area (Å²) in [6.07, 6.45) is 0.298. The zero-order valence-electron chi connectivity index (χ0n) is 15.1. The zero-order chi connectivity index (χ0) is 18.9. The molecule has 0 saturated heterocycles. The number of rotatable bonds is 7. The number of guanidine groups is 1. The average molecular weight is 363 g/mol. The Balaban J connectivity index is 2.08. The molecule has 0 atom stereocenters. The minimum Gasteiger partial charge on any atom is -0.493 e. The van der Waals surface area contributed by atoms with Gasteiger partial charge in [-0.15, -0.1) is 0 Å². The van der Waals surface area contributed by atoms with Crippen molar-refractivity contribution in [2.75, 3.05) is 32.6 Å². The van der Waals surface area contributed by atoms with Gasteiger partial charge < -0.3 is 20.1 Å². The van der Waals surface area contributed by atoms with Gasteiger partial charge in [-0.25, -0.2) is 8.78 Å². The molecule has 0 unspecified atom stereocenters. The van der Waals surface area contributed by atoms with Gasteiger partial charge in [0, 0.05) is 24.8 Å². The lowest BCUT2D eigenvalue weighted by atomic mass is 10.1. The molecule has 0 aliphatic carbocycles. The van der Waals surface area contributed by atoms with Crippen LogP contribution >= 0.6 is 0 Å². The van der Waals surface area contributed by atoms with Gasteiger partial charge in [-0.1, -0.05) is 12.1 Å². The molecule has 0 amide bonds. The first-order chi connectivity index (χ1) is 12.6. The number of methoxy groups -OCH3 is 2. The summed E-state index contributed by atoms with van der Waals surface area (Å²) in [6.45, 7) is 2.91. The Bertz CT molecular complexity index is 766. The van der Waals surface area contributed by atoms with E-state index in [1.807, 2.05) is 13.0 Å². The van der Waals surface area contributed by atoms with Crippen LogP contribution in [0.3, 0.4) is 0 Å². The molecule has 0 spiro atoms. The van der Waals surface area contributed by atoms with E-state index in [1.54, 1.807) is 32.4 Å². The molecule has 0 saturated carbocycles. The van der Waals surface area contributed by atoms with Crippen LogP contribution in [0.2, 0.25) is 0 Å². The number of hydrogen-bond donors (Lipinski definition) is 2. The topological polar surface area (TPSA) is 54.9 Å². The highest BCUT2D eigenvalue weighted by atomic mass is 19.2. The number of nitrogens with one attached hydrogen (secondary N) is 2. The van der Waals surface area contributed by atoms with Gasteiger partial charge in [-0.2, -0.15) is 0 Å². The molecule has 0 aliphatic heterocycles. The third-order valence-corrected chi connectivity index (χ3v) is 3.67. The summed E-state index contributed by atoms with van der Waals surface area (Å²) in [5.41, 5.74) is 1.06. The molecule has 0 bridgehead atoms. The second kappa shape index (κ2) is 9.60. The van der Waals surface area contributed by atoms with Crippen LogP contribution in [0, 0.1) is 11.6 Å². The largest absolute Gasteiger partial charge is 0.493 e. The summed E-state index contributed by atoms with van der Waals surface area (Å²) in [4.78, 5) is 4.41. The summed E-state index contributed by atoms with van der Waals surface area (Å²) < 4.78 is 37.4. The van der Waals surface area contributed by atoms with Crippen molar-refractivity contribution in [2.45, 2.75) is 13.3 Å². The van der Waals surface area contributed by atoms with E-state index >= 15 is 0 Å². The molecule has 7 heteroatoms. The van der Waals surface area contributed by atoms with E-state index in [1.165, 1.54) is 6.07 Å². The number of nitrogens with zero attached hydrogens (tertiary/aromatic N) is 1. The lowest BCUT2D eigenvalue weighted by Crippen LogP contribution is -2.31. The number of anilines is 1. The van der Waals surface area contributed by atoms with Crippen LogP contribution in [0.1, 0.15) is 12.5 Å². The van der Waals surface area contributed by atoms with Crippen LogP contribution in [0.15, 0.2) is 41.4 Å². The van der Waals surface area contributed by atoms with Crippen molar-refractivity contribution in [3.63, 3.8) is 0 Å². The molecule has 2 rings (SSSR count). The van der Waals surface area contributed by atoms with Crippen molar-refractivity contribution in [2.24, 2.45) is 4.99 Å². The molecule has 0 aromatic heterocycles. The van der Waals surface area contributed by atoms with Gasteiger partial charge in [0.2, 0.25) is 0 Å². The van der Waals surface area contributed by atoms with Crippen molar-refractivity contribution in [1.29, 1.82) is 0 Å². The van der Waals surface area contributed by atoms with Crippen LogP contribution in [0.4, 0.5) is 14.5 Å². The molecular formula is C19H23F2N3O2. The van der Waals surface area contributed by atoms with Gasteiger partial charge in [0.05, 0.1) is 14.2 Å². The van der Waals surface area contributed by atoms with Gasteiger partial charge in [0.25, 0.3) is 0 Å². The highest BCUT2D eigenvalue weighted by molar-refractivity contribution is 5.93. The molecule has 0 heterocycles. The first-order valence-electron chi connectivity index (χ1n) is 8.29. The summed E-state index contributed by atoms with van der Waals surface area (Å²) in [7, 11) is 3.14. The number of aliphatic imine (C=N–C) groups is 1. The molecule has 5 nitrogen and oxygen atoms in total. The number of ether oxygens (including phenoxy) is 2. The Morgan fingerprint density at radius 3 is 2.54 bits per heavy atom. The summed E-state index contributed by atoms with van der Waals surface area (Å²) in [5.74, 6) is 0.0932.